The molecular formula is C14H16BrNO4S. The van der Waals surface area contributed by atoms with Crippen LogP contribution in [0.5, 0.6) is 5.75 Å². The van der Waals surface area contributed by atoms with Crippen LogP contribution in [0.25, 0.3) is 0 Å². The Hall–Kier alpha value is -1.31. The highest BCUT2D eigenvalue weighted by Crippen LogP contribution is 2.29. The second-order valence-corrected chi connectivity index (χ2v) is 7.46. The zero-order valence-electron chi connectivity index (χ0n) is 12.0. The lowest BCUT2D eigenvalue weighted by Gasteiger charge is -2.17. The second kappa shape index (κ2) is 6.21. The Morgan fingerprint density at radius 2 is 2.05 bits per heavy atom. The van der Waals surface area contributed by atoms with Crippen molar-refractivity contribution in [3.63, 3.8) is 0 Å². The summed E-state index contributed by atoms with van der Waals surface area (Å²) in [7, 11) is -0.502. The summed E-state index contributed by atoms with van der Waals surface area (Å²) in [4.78, 5) is 0.207. The monoisotopic (exact) mass is 373 g/mol. The quantitative estimate of drug-likeness (QED) is 0.807. The molecule has 114 valence electrons. The number of hydrogen-bond acceptors (Lipinski definition) is 4. The van der Waals surface area contributed by atoms with E-state index in [1.54, 1.807) is 32.4 Å². The van der Waals surface area contributed by atoms with Crippen LogP contribution in [0.3, 0.4) is 0 Å². The molecule has 0 saturated carbocycles. The first kappa shape index (κ1) is 16.1. The number of methoxy groups -OCH3 is 1. The van der Waals surface area contributed by atoms with Gasteiger partial charge in [0.2, 0.25) is 10.0 Å². The molecule has 5 nitrogen and oxygen atoms in total. The zero-order chi connectivity index (χ0) is 15.6. The molecule has 7 heteroatoms. The Morgan fingerprint density at radius 1 is 1.33 bits per heavy atom. The summed E-state index contributed by atoms with van der Waals surface area (Å²) in [6.07, 6.45) is 1.55. The summed E-state index contributed by atoms with van der Waals surface area (Å²) < 4.78 is 37.3. The van der Waals surface area contributed by atoms with Gasteiger partial charge in [0, 0.05) is 19.2 Å². The van der Waals surface area contributed by atoms with Crippen LogP contribution in [0.4, 0.5) is 0 Å². The first-order chi connectivity index (χ1) is 9.86. The van der Waals surface area contributed by atoms with Crippen molar-refractivity contribution in [2.75, 3.05) is 14.2 Å². The topological polar surface area (TPSA) is 59.8 Å². The van der Waals surface area contributed by atoms with Gasteiger partial charge in [-0.2, -0.15) is 4.31 Å². The molecule has 1 heterocycles. The zero-order valence-corrected chi connectivity index (χ0v) is 14.4. The van der Waals surface area contributed by atoms with Crippen molar-refractivity contribution in [2.45, 2.75) is 18.4 Å². The van der Waals surface area contributed by atoms with Crippen LogP contribution in [-0.4, -0.2) is 26.9 Å². The number of furan rings is 1. The summed E-state index contributed by atoms with van der Waals surface area (Å²) in [6.45, 7) is 2.06. The number of sulfonamides is 1. The summed E-state index contributed by atoms with van der Waals surface area (Å²) in [6, 6.07) is 6.45. The lowest BCUT2D eigenvalue weighted by Crippen LogP contribution is -2.26. The minimum absolute atomic E-state index is 0.207. The molecule has 0 aliphatic rings. The van der Waals surface area contributed by atoms with Crippen LogP contribution in [-0.2, 0) is 16.6 Å². The molecule has 2 rings (SSSR count). The van der Waals surface area contributed by atoms with E-state index in [1.165, 1.54) is 23.5 Å². The average molecular weight is 374 g/mol. The van der Waals surface area contributed by atoms with Gasteiger partial charge in [0.15, 0.2) is 0 Å². The molecule has 0 aliphatic carbocycles. The third-order valence-corrected chi connectivity index (χ3v) is 5.61. The van der Waals surface area contributed by atoms with Gasteiger partial charge in [-0.05, 0) is 47.1 Å². The molecule has 1 aromatic heterocycles. The molecule has 0 spiro atoms. The van der Waals surface area contributed by atoms with E-state index in [1.807, 2.05) is 0 Å². The number of halogens is 1. The van der Waals surface area contributed by atoms with Crippen molar-refractivity contribution in [3.05, 3.63) is 46.3 Å². The highest BCUT2D eigenvalue weighted by atomic mass is 79.9. The molecule has 0 N–H and O–H groups in total. The summed E-state index contributed by atoms with van der Waals surface area (Å²) in [5, 5.41) is 0. The van der Waals surface area contributed by atoms with Crippen molar-refractivity contribution in [1.29, 1.82) is 0 Å². The molecule has 0 fully saturated rings. The Bertz CT molecular complexity index is 739. The highest BCUT2D eigenvalue weighted by molar-refractivity contribution is 9.10. The third kappa shape index (κ3) is 3.30. The Morgan fingerprint density at radius 3 is 2.57 bits per heavy atom. The average Bonchev–Trinajstić information content (AvgIpc) is 2.84. The highest BCUT2D eigenvalue weighted by Gasteiger charge is 2.22. The van der Waals surface area contributed by atoms with Gasteiger partial charge in [0.1, 0.15) is 11.5 Å². The normalized spacial score (nSPS) is 11.9. The molecule has 0 saturated heterocycles. The van der Waals surface area contributed by atoms with Crippen LogP contribution < -0.4 is 4.74 Å². The minimum atomic E-state index is -3.57. The lowest BCUT2D eigenvalue weighted by molar-refractivity contribution is 0.411. The third-order valence-electron chi connectivity index (χ3n) is 3.19. The Labute approximate surface area is 132 Å². The number of rotatable bonds is 5. The van der Waals surface area contributed by atoms with Gasteiger partial charge in [-0.3, -0.25) is 0 Å². The van der Waals surface area contributed by atoms with E-state index in [2.05, 4.69) is 15.9 Å². The number of nitrogens with zero attached hydrogens (tertiary/aromatic N) is 1. The van der Waals surface area contributed by atoms with Gasteiger partial charge in [-0.25, -0.2) is 8.42 Å². The first-order valence-corrected chi connectivity index (χ1v) is 8.42. The SMILES string of the molecule is COc1ccc(S(=O)(=O)N(C)Cc2ccoc2C)cc1Br. The fourth-order valence-electron chi connectivity index (χ4n) is 1.89. The van der Waals surface area contributed by atoms with Crippen molar-refractivity contribution in [2.24, 2.45) is 0 Å². The van der Waals surface area contributed by atoms with Gasteiger partial charge in [0.05, 0.1) is 22.7 Å². The Balaban J connectivity index is 2.29. The number of ether oxygens (including phenoxy) is 1. The molecule has 1 aromatic carbocycles. The van der Waals surface area contributed by atoms with Crippen LogP contribution in [0, 0.1) is 6.92 Å². The molecular weight excluding hydrogens is 358 g/mol. The van der Waals surface area contributed by atoms with Gasteiger partial charge in [0.25, 0.3) is 0 Å². The van der Waals surface area contributed by atoms with Crippen LogP contribution in [0.15, 0.2) is 44.3 Å². The molecule has 0 atom stereocenters. The summed E-state index contributed by atoms with van der Waals surface area (Å²) in [5.41, 5.74) is 0.841. The van der Waals surface area contributed by atoms with E-state index in [-0.39, 0.29) is 11.4 Å². The predicted molar refractivity (Wildman–Crippen MR) is 82.8 cm³/mol. The van der Waals surface area contributed by atoms with Crippen molar-refractivity contribution >= 4 is 26.0 Å². The van der Waals surface area contributed by atoms with Crippen LogP contribution >= 0.6 is 15.9 Å². The lowest BCUT2D eigenvalue weighted by atomic mass is 10.3. The predicted octanol–water partition coefficient (Wildman–Crippen LogP) is 3.18. The second-order valence-electron chi connectivity index (χ2n) is 4.56. The molecule has 0 radical (unpaired) electrons. The van der Waals surface area contributed by atoms with E-state index in [9.17, 15) is 8.42 Å². The van der Waals surface area contributed by atoms with Gasteiger partial charge < -0.3 is 9.15 Å². The largest absolute Gasteiger partial charge is 0.496 e. The molecule has 0 amide bonds. The minimum Gasteiger partial charge on any atom is -0.496 e. The standard InChI is InChI=1S/C14H16BrNO4S/c1-10-11(6-7-20-10)9-16(2)21(17,18)12-4-5-14(19-3)13(15)8-12/h4-8H,9H2,1-3H3. The van der Waals surface area contributed by atoms with E-state index in [0.717, 1.165) is 5.56 Å². The van der Waals surface area contributed by atoms with Gasteiger partial charge >= 0.3 is 0 Å². The van der Waals surface area contributed by atoms with Gasteiger partial charge in [-0.1, -0.05) is 0 Å². The molecule has 0 unspecified atom stereocenters. The Kier molecular flexibility index (Phi) is 4.75. The maximum Gasteiger partial charge on any atom is 0.243 e. The van der Waals surface area contributed by atoms with Gasteiger partial charge in [-0.15, -0.1) is 0 Å². The fraction of sp³-hybridized carbons (Fsp3) is 0.286. The van der Waals surface area contributed by atoms with Crippen molar-refractivity contribution in [3.8, 4) is 5.75 Å². The number of aryl methyl sites for hydroxylation is 1. The first-order valence-electron chi connectivity index (χ1n) is 6.19. The van der Waals surface area contributed by atoms with E-state index in [4.69, 9.17) is 9.15 Å². The van der Waals surface area contributed by atoms with E-state index in [0.29, 0.717) is 16.0 Å². The smallest absolute Gasteiger partial charge is 0.243 e. The summed E-state index contributed by atoms with van der Waals surface area (Å²) >= 11 is 3.30. The van der Waals surface area contributed by atoms with Crippen molar-refractivity contribution in [1.82, 2.24) is 4.31 Å². The maximum atomic E-state index is 12.6. The molecule has 0 bridgehead atoms. The number of benzene rings is 1. The van der Waals surface area contributed by atoms with E-state index < -0.39 is 10.0 Å². The fourth-order valence-corrected chi connectivity index (χ4v) is 3.76. The van der Waals surface area contributed by atoms with Crippen LogP contribution in [0.2, 0.25) is 0 Å². The molecule has 21 heavy (non-hydrogen) atoms. The maximum absolute atomic E-state index is 12.6. The van der Waals surface area contributed by atoms with Crippen molar-refractivity contribution < 1.29 is 17.6 Å². The van der Waals surface area contributed by atoms with E-state index >= 15 is 0 Å². The van der Waals surface area contributed by atoms with Crippen LogP contribution in [0.1, 0.15) is 11.3 Å². The number of hydrogen-bond donors (Lipinski definition) is 0. The molecule has 2 aromatic rings. The summed E-state index contributed by atoms with van der Waals surface area (Å²) in [5.74, 6) is 1.30. The molecule has 0 aliphatic heterocycles.